The zero-order valence-electron chi connectivity index (χ0n) is 15.1. The van der Waals surface area contributed by atoms with Crippen molar-refractivity contribution in [3.05, 3.63) is 0 Å². The largest absolute Gasteiger partial charge is 0.444 e. The van der Waals surface area contributed by atoms with Crippen molar-refractivity contribution in [1.29, 1.82) is 0 Å². The first-order valence-electron chi connectivity index (χ1n) is 9.07. The molecule has 4 nitrogen and oxygen atoms in total. The summed E-state index contributed by atoms with van der Waals surface area (Å²) in [5.74, 6) is 0.433. The maximum Gasteiger partial charge on any atom is 0.410 e. The Morgan fingerprint density at radius 2 is 1.86 bits per heavy atom. The second-order valence-corrected chi connectivity index (χ2v) is 7.70. The van der Waals surface area contributed by atoms with Crippen LogP contribution in [-0.4, -0.2) is 35.7 Å². The fraction of sp³-hybridized carbons (Fsp3) is 0.944. The Kier molecular flexibility index (Phi) is 8.23. The van der Waals surface area contributed by atoms with Gasteiger partial charge >= 0.3 is 6.09 Å². The van der Waals surface area contributed by atoms with E-state index in [2.05, 4.69) is 6.92 Å². The maximum absolute atomic E-state index is 12.1. The molecule has 1 aliphatic heterocycles. The number of likely N-dealkylation sites (tertiary alicyclic amines) is 1. The molecule has 0 aromatic carbocycles. The minimum atomic E-state index is -0.421. The average Bonchev–Trinajstić information content (AvgIpc) is 2.90. The van der Waals surface area contributed by atoms with Crippen molar-refractivity contribution in [2.45, 2.75) is 90.7 Å². The Hall–Kier alpha value is -0.770. The van der Waals surface area contributed by atoms with Crippen LogP contribution in [0.5, 0.6) is 0 Å². The molecule has 1 aliphatic rings. The van der Waals surface area contributed by atoms with Crippen LogP contribution < -0.4 is 5.73 Å². The molecule has 0 radical (unpaired) electrons. The summed E-state index contributed by atoms with van der Waals surface area (Å²) >= 11 is 0. The van der Waals surface area contributed by atoms with E-state index in [4.69, 9.17) is 10.5 Å². The molecule has 2 N–H and O–H groups in total. The molecule has 0 saturated carbocycles. The first kappa shape index (κ1) is 19.3. The molecular formula is C18H36N2O2. The predicted octanol–water partition coefficient (Wildman–Crippen LogP) is 4.32. The van der Waals surface area contributed by atoms with Crippen LogP contribution in [0, 0.1) is 5.92 Å². The lowest BCUT2D eigenvalue weighted by Crippen LogP contribution is -2.37. The Balaban J connectivity index is 2.20. The lowest BCUT2D eigenvalue weighted by atomic mass is 9.94. The van der Waals surface area contributed by atoms with E-state index >= 15 is 0 Å². The van der Waals surface area contributed by atoms with E-state index in [0.717, 1.165) is 25.9 Å². The van der Waals surface area contributed by atoms with E-state index in [0.29, 0.717) is 5.92 Å². The molecule has 4 heteroatoms. The van der Waals surface area contributed by atoms with Gasteiger partial charge in [-0.15, -0.1) is 0 Å². The first-order chi connectivity index (χ1) is 10.3. The molecule has 0 aromatic rings. The van der Waals surface area contributed by atoms with E-state index in [-0.39, 0.29) is 12.1 Å². The normalized spacial score (nSPS) is 20.2. The van der Waals surface area contributed by atoms with Crippen molar-refractivity contribution in [1.82, 2.24) is 4.90 Å². The van der Waals surface area contributed by atoms with E-state index in [9.17, 15) is 4.79 Å². The highest BCUT2D eigenvalue weighted by atomic mass is 16.6. The molecule has 2 unspecified atom stereocenters. The standard InChI is InChI=1S/C18H36N2O2/c1-5-6-7-8-9-10-11-16(19)15-12-13-20(14-15)17(21)22-18(2,3)4/h15-16H,5-14,19H2,1-4H3. The van der Waals surface area contributed by atoms with Gasteiger partial charge in [0.15, 0.2) is 0 Å². The summed E-state index contributed by atoms with van der Waals surface area (Å²) in [6, 6.07) is 0.221. The summed E-state index contributed by atoms with van der Waals surface area (Å²) in [6.07, 6.45) is 9.72. The third-order valence-corrected chi connectivity index (χ3v) is 4.37. The summed E-state index contributed by atoms with van der Waals surface area (Å²) in [7, 11) is 0. The van der Waals surface area contributed by atoms with Crippen LogP contribution in [0.15, 0.2) is 0 Å². The van der Waals surface area contributed by atoms with Crippen molar-refractivity contribution < 1.29 is 9.53 Å². The van der Waals surface area contributed by atoms with Gasteiger partial charge in [-0.25, -0.2) is 4.79 Å². The van der Waals surface area contributed by atoms with E-state index < -0.39 is 5.60 Å². The molecule has 130 valence electrons. The highest BCUT2D eigenvalue weighted by molar-refractivity contribution is 5.68. The zero-order valence-corrected chi connectivity index (χ0v) is 15.1. The quantitative estimate of drug-likeness (QED) is 0.679. The molecule has 1 fully saturated rings. The van der Waals surface area contributed by atoms with Gasteiger partial charge in [0.05, 0.1) is 0 Å². The van der Waals surface area contributed by atoms with Crippen LogP contribution in [0.4, 0.5) is 4.79 Å². The number of hydrogen-bond donors (Lipinski definition) is 1. The van der Waals surface area contributed by atoms with Crippen molar-refractivity contribution in [3.63, 3.8) is 0 Å². The van der Waals surface area contributed by atoms with Crippen LogP contribution in [0.2, 0.25) is 0 Å². The van der Waals surface area contributed by atoms with Crippen LogP contribution in [0.25, 0.3) is 0 Å². The number of nitrogens with two attached hydrogens (primary N) is 1. The molecule has 1 saturated heterocycles. The SMILES string of the molecule is CCCCCCCCC(N)C1CCN(C(=O)OC(C)(C)C)C1. The van der Waals surface area contributed by atoms with Crippen molar-refractivity contribution >= 4 is 6.09 Å². The molecule has 2 atom stereocenters. The van der Waals surface area contributed by atoms with Gasteiger partial charge in [-0.2, -0.15) is 0 Å². The highest BCUT2D eigenvalue weighted by Crippen LogP contribution is 2.23. The second-order valence-electron chi connectivity index (χ2n) is 7.70. The van der Waals surface area contributed by atoms with E-state index in [1.807, 2.05) is 25.7 Å². The number of amides is 1. The highest BCUT2D eigenvalue weighted by Gasteiger charge is 2.32. The Morgan fingerprint density at radius 1 is 1.23 bits per heavy atom. The van der Waals surface area contributed by atoms with Gasteiger partial charge in [0.2, 0.25) is 0 Å². The molecule has 22 heavy (non-hydrogen) atoms. The second kappa shape index (κ2) is 9.39. The number of nitrogens with zero attached hydrogens (tertiary/aromatic N) is 1. The summed E-state index contributed by atoms with van der Waals surface area (Å²) in [5.41, 5.74) is 5.91. The molecule has 0 aromatic heterocycles. The molecule has 1 rings (SSSR count). The summed E-state index contributed by atoms with van der Waals surface area (Å²) in [4.78, 5) is 13.9. The van der Waals surface area contributed by atoms with Crippen molar-refractivity contribution in [2.24, 2.45) is 11.7 Å². The van der Waals surface area contributed by atoms with Gasteiger partial charge in [0.25, 0.3) is 0 Å². The third-order valence-electron chi connectivity index (χ3n) is 4.37. The molecule has 1 amide bonds. The minimum Gasteiger partial charge on any atom is -0.444 e. The summed E-state index contributed by atoms with van der Waals surface area (Å²) in [5, 5.41) is 0. The maximum atomic E-state index is 12.1. The topological polar surface area (TPSA) is 55.6 Å². The smallest absolute Gasteiger partial charge is 0.410 e. The Bertz CT molecular complexity index is 326. The van der Waals surface area contributed by atoms with Gasteiger partial charge < -0.3 is 15.4 Å². The number of rotatable bonds is 8. The number of unbranched alkanes of at least 4 members (excludes halogenated alkanes) is 5. The van der Waals surface area contributed by atoms with Crippen LogP contribution in [0.3, 0.4) is 0 Å². The Morgan fingerprint density at radius 3 is 2.50 bits per heavy atom. The van der Waals surface area contributed by atoms with E-state index in [1.54, 1.807) is 0 Å². The number of hydrogen-bond acceptors (Lipinski definition) is 3. The summed E-state index contributed by atoms with van der Waals surface area (Å²) in [6.45, 7) is 9.50. The zero-order chi connectivity index (χ0) is 16.6. The molecule has 0 spiro atoms. The van der Waals surface area contributed by atoms with Gasteiger partial charge in [0, 0.05) is 19.1 Å². The fourth-order valence-electron chi connectivity index (χ4n) is 3.03. The minimum absolute atomic E-state index is 0.193. The third kappa shape index (κ3) is 7.48. The molecular weight excluding hydrogens is 276 g/mol. The monoisotopic (exact) mass is 312 g/mol. The van der Waals surface area contributed by atoms with E-state index in [1.165, 1.54) is 38.5 Å². The van der Waals surface area contributed by atoms with Crippen molar-refractivity contribution in [2.75, 3.05) is 13.1 Å². The summed E-state index contributed by atoms with van der Waals surface area (Å²) < 4.78 is 5.43. The molecule has 0 bridgehead atoms. The number of carbonyl (C=O) groups is 1. The lowest BCUT2D eigenvalue weighted by Gasteiger charge is -2.25. The van der Waals surface area contributed by atoms with Crippen molar-refractivity contribution in [3.8, 4) is 0 Å². The lowest BCUT2D eigenvalue weighted by molar-refractivity contribution is 0.0286. The first-order valence-corrected chi connectivity index (χ1v) is 9.07. The van der Waals surface area contributed by atoms with Crippen LogP contribution >= 0.6 is 0 Å². The molecule has 1 heterocycles. The predicted molar refractivity (Wildman–Crippen MR) is 91.9 cm³/mol. The van der Waals surface area contributed by atoms with Gasteiger partial charge in [-0.05, 0) is 39.5 Å². The number of carbonyl (C=O) groups excluding carboxylic acids is 1. The Labute approximate surface area is 136 Å². The number of ether oxygens (including phenoxy) is 1. The average molecular weight is 312 g/mol. The van der Waals surface area contributed by atoms with Gasteiger partial charge in [0.1, 0.15) is 5.60 Å². The fourth-order valence-corrected chi connectivity index (χ4v) is 3.03. The van der Waals surface area contributed by atoms with Gasteiger partial charge in [-0.1, -0.05) is 45.4 Å². The molecule has 0 aliphatic carbocycles. The van der Waals surface area contributed by atoms with Crippen LogP contribution in [-0.2, 0) is 4.74 Å². The van der Waals surface area contributed by atoms with Gasteiger partial charge in [-0.3, -0.25) is 0 Å². The van der Waals surface area contributed by atoms with Crippen LogP contribution in [0.1, 0.15) is 79.1 Å².